The number of amides is 1. The van der Waals surface area contributed by atoms with Gasteiger partial charge in [-0.2, -0.15) is 0 Å². The molecule has 5 nitrogen and oxygen atoms in total. The number of piperidine rings is 1. The van der Waals surface area contributed by atoms with Crippen molar-refractivity contribution in [3.63, 3.8) is 0 Å². The summed E-state index contributed by atoms with van der Waals surface area (Å²) >= 11 is 0. The molecule has 98 valence electrons. The van der Waals surface area contributed by atoms with Crippen LogP contribution in [0.3, 0.4) is 0 Å². The van der Waals surface area contributed by atoms with Crippen LogP contribution in [0.5, 0.6) is 5.75 Å². The fourth-order valence-electron chi connectivity index (χ4n) is 2.28. The van der Waals surface area contributed by atoms with Gasteiger partial charge in [0.1, 0.15) is 5.75 Å². The van der Waals surface area contributed by atoms with Crippen molar-refractivity contribution in [1.82, 2.24) is 5.32 Å². The van der Waals surface area contributed by atoms with Gasteiger partial charge < -0.3 is 15.2 Å². The Morgan fingerprint density at radius 3 is 2.94 bits per heavy atom. The van der Waals surface area contributed by atoms with Gasteiger partial charge in [-0.1, -0.05) is 12.5 Å². The summed E-state index contributed by atoms with van der Waals surface area (Å²) in [6.07, 6.45) is 2.45. The van der Waals surface area contributed by atoms with E-state index in [0.717, 1.165) is 18.5 Å². The second-order valence-corrected chi connectivity index (χ2v) is 4.39. The Morgan fingerprint density at radius 1 is 1.50 bits per heavy atom. The summed E-state index contributed by atoms with van der Waals surface area (Å²) in [7, 11) is 1.54. The Morgan fingerprint density at radius 2 is 2.33 bits per heavy atom. The summed E-state index contributed by atoms with van der Waals surface area (Å²) in [6.45, 7) is 1.03. The Labute approximate surface area is 106 Å². The first-order valence-corrected chi connectivity index (χ1v) is 6.12. The predicted molar refractivity (Wildman–Crippen MR) is 69.2 cm³/mol. The van der Waals surface area contributed by atoms with Crippen LogP contribution < -0.4 is 15.4 Å². The van der Waals surface area contributed by atoms with Gasteiger partial charge in [0.05, 0.1) is 12.8 Å². The van der Waals surface area contributed by atoms with E-state index in [1.165, 1.54) is 12.8 Å². The van der Waals surface area contributed by atoms with Crippen molar-refractivity contribution in [2.45, 2.75) is 25.3 Å². The smallest absolute Gasteiger partial charge is 0.409 e. The molecule has 1 aliphatic rings. The Kier molecular flexibility index (Phi) is 4.04. The molecular formula is C13H18N2O3. The average molecular weight is 250 g/mol. The second kappa shape index (κ2) is 5.73. The molecule has 3 N–H and O–H groups in total. The maximum atomic E-state index is 10.6. The largest absolute Gasteiger partial charge is 0.495 e. The highest BCUT2D eigenvalue weighted by molar-refractivity contribution is 5.85. The molecule has 1 aliphatic heterocycles. The average Bonchev–Trinajstić information content (AvgIpc) is 2.39. The van der Waals surface area contributed by atoms with Crippen molar-refractivity contribution in [3.8, 4) is 5.75 Å². The van der Waals surface area contributed by atoms with Gasteiger partial charge in [-0.05, 0) is 37.1 Å². The number of anilines is 1. The van der Waals surface area contributed by atoms with Gasteiger partial charge >= 0.3 is 6.09 Å². The van der Waals surface area contributed by atoms with Crippen molar-refractivity contribution in [2.24, 2.45) is 0 Å². The summed E-state index contributed by atoms with van der Waals surface area (Å²) in [5.41, 5.74) is 1.62. The maximum Gasteiger partial charge on any atom is 0.409 e. The van der Waals surface area contributed by atoms with E-state index in [1.54, 1.807) is 13.2 Å². The van der Waals surface area contributed by atoms with Crippen molar-refractivity contribution in [1.29, 1.82) is 0 Å². The lowest BCUT2D eigenvalue weighted by Gasteiger charge is -2.24. The van der Waals surface area contributed by atoms with E-state index in [9.17, 15) is 4.79 Å². The van der Waals surface area contributed by atoms with Crippen LogP contribution in [0, 0.1) is 0 Å². The first-order chi connectivity index (χ1) is 8.70. The zero-order valence-corrected chi connectivity index (χ0v) is 10.4. The molecule has 1 heterocycles. The lowest BCUT2D eigenvalue weighted by molar-refractivity contribution is 0.209. The monoisotopic (exact) mass is 250 g/mol. The molecule has 0 aromatic heterocycles. The molecule has 1 amide bonds. The standard InChI is InChI=1S/C13H18N2O3/c1-18-12-8-9(10-4-2-3-7-14-10)5-6-11(12)15-13(16)17/h5-6,8,10,14-15H,2-4,7H2,1H3,(H,16,17). The SMILES string of the molecule is COc1cc(C2CCCCN2)ccc1NC(=O)O. The quantitative estimate of drug-likeness (QED) is 0.771. The minimum absolute atomic E-state index is 0.339. The maximum absolute atomic E-state index is 10.6. The summed E-state index contributed by atoms with van der Waals surface area (Å²) in [5, 5.41) is 14.5. The zero-order chi connectivity index (χ0) is 13.0. The van der Waals surface area contributed by atoms with Crippen molar-refractivity contribution >= 4 is 11.8 Å². The molecule has 1 aromatic carbocycles. The molecule has 18 heavy (non-hydrogen) atoms. The van der Waals surface area contributed by atoms with Gasteiger partial charge in [-0.3, -0.25) is 5.32 Å². The van der Waals surface area contributed by atoms with Crippen LogP contribution in [0.15, 0.2) is 18.2 Å². The van der Waals surface area contributed by atoms with Crippen LogP contribution in [0.1, 0.15) is 30.9 Å². The summed E-state index contributed by atoms with van der Waals surface area (Å²) in [5.74, 6) is 0.558. The number of methoxy groups -OCH3 is 1. The van der Waals surface area contributed by atoms with Gasteiger partial charge in [0.25, 0.3) is 0 Å². The molecule has 0 spiro atoms. The topological polar surface area (TPSA) is 70.6 Å². The van der Waals surface area contributed by atoms with E-state index in [0.29, 0.717) is 17.5 Å². The molecule has 0 saturated carbocycles. The van der Waals surface area contributed by atoms with Crippen molar-refractivity contribution in [2.75, 3.05) is 19.0 Å². The third kappa shape index (κ3) is 2.92. The van der Waals surface area contributed by atoms with Gasteiger partial charge in [0.15, 0.2) is 0 Å². The molecule has 0 aliphatic carbocycles. The van der Waals surface area contributed by atoms with Crippen LogP contribution in [0.25, 0.3) is 0 Å². The molecule has 1 unspecified atom stereocenters. The van der Waals surface area contributed by atoms with Gasteiger partial charge in [-0.25, -0.2) is 4.79 Å². The first-order valence-electron chi connectivity index (χ1n) is 6.12. The molecule has 1 atom stereocenters. The molecule has 5 heteroatoms. The second-order valence-electron chi connectivity index (χ2n) is 4.39. The number of hydrogen-bond acceptors (Lipinski definition) is 3. The summed E-state index contributed by atoms with van der Waals surface area (Å²) < 4.78 is 5.22. The molecule has 1 saturated heterocycles. The number of benzene rings is 1. The van der Waals surface area contributed by atoms with Crippen LogP contribution in [-0.2, 0) is 0 Å². The molecule has 0 radical (unpaired) electrons. The third-order valence-corrected chi connectivity index (χ3v) is 3.18. The Hall–Kier alpha value is -1.75. The molecule has 2 rings (SSSR count). The number of hydrogen-bond donors (Lipinski definition) is 3. The fourth-order valence-corrected chi connectivity index (χ4v) is 2.28. The number of carbonyl (C=O) groups is 1. The number of carboxylic acid groups (broad SMARTS) is 1. The van der Waals surface area contributed by atoms with Crippen LogP contribution in [0.4, 0.5) is 10.5 Å². The molecular weight excluding hydrogens is 232 g/mol. The normalized spacial score (nSPS) is 19.3. The third-order valence-electron chi connectivity index (χ3n) is 3.18. The van der Waals surface area contributed by atoms with Crippen molar-refractivity contribution in [3.05, 3.63) is 23.8 Å². The highest BCUT2D eigenvalue weighted by Gasteiger charge is 2.16. The molecule has 1 fully saturated rings. The molecule has 1 aromatic rings. The number of nitrogens with one attached hydrogen (secondary N) is 2. The minimum Gasteiger partial charge on any atom is -0.495 e. The van der Waals surface area contributed by atoms with Crippen LogP contribution in [0.2, 0.25) is 0 Å². The molecule has 0 bridgehead atoms. The number of ether oxygens (including phenoxy) is 1. The number of rotatable bonds is 3. The van der Waals surface area contributed by atoms with E-state index >= 15 is 0 Å². The lowest BCUT2D eigenvalue weighted by atomic mass is 9.97. The van der Waals surface area contributed by atoms with Gasteiger partial charge in [0.2, 0.25) is 0 Å². The fraction of sp³-hybridized carbons (Fsp3) is 0.462. The Bertz CT molecular complexity index is 428. The zero-order valence-electron chi connectivity index (χ0n) is 10.4. The highest BCUT2D eigenvalue weighted by Crippen LogP contribution is 2.31. The lowest BCUT2D eigenvalue weighted by Crippen LogP contribution is -2.26. The minimum atomic E-state index is -1.09. The van der Waals surface area contributed by atoms with Crippen LogP contribution in [-0.4, -0.2) is 24.9 Å². The van der Waals surface area contributed by atoms with E-state index in [4.69, 9.17) is 9.84 Å². The predicted octanol–water partition coefficient (Wildman–Crippen LogP) is 2.60. The van der Waals surface area contributed by atoms with E-state index in [2.05, 4.69) is 10.6 Å². The van der Waals surface area contributed by atoms with Crippen LogP contribution >= 0.6 is 0 Å². The van der Waals surface area contributed by atoms with E-state index < -0.39 is 6.09 Å². The van der Waals surface area contributed by atoms with E-state index in [-0.39, 0.29) is 0 Å². The highest BCUT2D eigenvalue weighted by atomic mass is 16.5. The van der Waals surface area contributed by atoms with Gasteiger partial charge in [0, 0.05) is 6.04 Å². The van der Waals surface area contributed by atoms with Gasteiger partial charge in [-0.15, -0.1) is 0 Å². The van der Waals surface area contributed by atoms with Crippen molar-refractivity contribution < 1.29 is 14.6 Å². The first kappa shape index (κ1) is 12.7. The summed E-state index contributed by atoms with van der Waals surface area (Å²) in [4.78, 5) is 10.6. The summed E-state index contributed by atoms with van der Waals surface area (Å²) in [6, 6.07) is 5.93. The van der Waals surface area contributed by atoms with E-state index in [1.807, 2.05) is 12.1 Å². The Balaban J connectivity index is 2.20.